The van der Waals surface area contributed by atoms with Crippen LogP contribution in [0.15, 0.2) is 36.4 Å². The number of benzene rings is 2. The van der Waals surface area contributed by atoms with Crippen molar-refractivity contribution in [3.05, 3.63) is 59.4 Å². The molecule has 5 rings (SSSR count). The van der Waals surface area contributed by atoms with Crippen molar-refractivity contribution in [2.45, 2.75) is 43.7 Å². The molecule has 0 saturated heterocycles. The Morgan fingerprint density at radius 3 is 2.36 bits per heavy atom. The number of hydrogen-bond donors (Lipinski definition) is 4. The summed E-state index contributed by atoms with van der Waals surface area (Å²) in [5.41, 5.74) is 2.24. The summed E-state index contributed by atoms with van der Waals surface area (Å²) in [4.78, 5) is 3.05. The molecule has 0 atom stereocenters. The predicted molar refractivity (Wildman–Crippen MR) is 118 cm³/mol. The number of aliphatic hydroxyl groups is 1. The molecule has 0 bridgehead atoms. The molecule has 1 heterocycles. The first-order valence-electron chi connectivity index (χ1n) is 10.9. The topological polar surface area (TPSA) is 94.2 Å². The van der Waals surface area contributed by atoms with E-state index in [2.05, 4.69) is 14.4 Å². The molecule has 0 amide bonds. The number of nitrogens with one attached hydrogen (secondary N) is 3. The van der Waals surface area contributed by atoms with Crippen molar-refractivity contribution in [2.75, 3.05) is 6.54 Å². The fourth-order valence-electron chi connectivity index (χ4n) is 4.82. The van der Waals surface area contributed by atoms with Crippen molar-refractivity contribution < 1.29 is 26.7 Å². The number of fused-ring (bicyclic) bond motifs is 1. The van der Waals surface area contributed by atoms with Crippen LogP contribution < -0.4 is 9.44 Å². The lowest BCUT2D eigenvalue weighted by molar-refractivity contribution is 0.0710. The minimum atomic E-state index is -3.66. The first-order valence-corrected chi connectivity index (χ1v) is 12.4. The minimum absolute atomic E-state index is 0.0238. The molecule has 4 N–H and O–H groups in total. The number of H-pyrrole nitrogens is 1. The average molecular weight is 480 g/mol. The van der Waals surface area contributed by atoms with Gasteiger partial charge >= 0.3 is 0 Å². The largest absolute Gasteiger partial charge is 0.393 e. The second-order valence-electron chi connectivity index (χ2n) is 9.06. The number of aliphatic hydroxyl groups excluding tert-OH is 1. The summed E-state index contributed by atoms with van der Waals surface area (Å²) >= 11 is 0. The Hall–Kier alpha value is -2.40. The maximum absolute atomic E-state index is 14.5. The van der Waals surface area contributed by atoms with Gasteiger partial charge in [-0.1, -0.05) is 0 Å². The number of hydrogen-bond acceptors (Lipinski definition) is 3. The van der Waals surface area contributed by atoms with Crippen LogP contribution in [-0.2, 0) is 10.2 Å². The SMILES string of the molecule is O=S(=O)(NC[C@H]1C[C@H](c2c(-c3ccc(F)cc3)[nH]c3c(F)cc(F)cc32)C1)N[C@H]1C[C@H](O)C1. The molecule has 0 spiro atoms. The van der Waals surface area contributed by atoms with Crippen LogP contribution in [0.2, 0.25) is 0 Å². The number of aromatic nitrogens is 1. The van der Waals surface area contributed by atoms with Gasteiger partial charge in [-0.3, -0.25) is 0 Å². The molecule has 0 unspecified atom stereocenters. The Morgan fingerprint density at radius 2 is 1.70 bits per heavy atom. The molecule has 6 nitrogen and oxygen atoms in total. The standard InChI is InChI=1S/C23H24F3N3O3S/c24-15-3-1-13(2-4-15)22-21(19-7-16(25)8-20(26)23(19)28-22)14-5-12(6-14)11-27-33(31,32)29-17-9-18(30)10-17/h1-4,7-8,12,14,17-18,27-30H,5-6,9-11H2/t12-,14-,17-,18-. The van der Waals surface area contributed by atoms with Crippen LogP contribution in [0, 0.1) is 23.4 Å². The Bertz CT molecular complexity index is 1280. The zero-order valence-corrected chi connectivity index (χ0v) is 18.4. The van der Waals surface area contributed by atoms with E-state index < -0.39 is 33.8 Å². The second kappa shape index (κ2) is 8.43. The van der Waals surface area contributed by atoms with Gasteiger partial charge in [-0.05, 0) is 79.0 Å². The fraction of sp³-hybridized carbons (Fsp3) is 0.391. The summed E-state index contributed by atoms with van der Waals surface area (Å²) in [5, 5.41) is 9.75. The van der Waals surface area contributed by atoms with Crippen LogP contribution in [0.5, 0.6) is 0 Å². The molecule has 10 heteroatoms. The molecule has 2 aromatic carbocycles. The lowest BCUT2D eigenvalue weighted by Gasteiger charge is -2.37. The van der Waals surface area contributed by atoms with Gasteiger partial charge in [0.05, 0.1) is 17.3 Å². The van der Waals surface area contributed by atoms with E-state index in [1.807, 2.05) is 0 Å². The van der Waals surface area contributed by atoms with E-state index in [1.165, 1.54) is 18.2 Å². The highest BCUT2D eigenvalue weighted by Gasteiger charge is 2.36. The second-order valence-corrected chi connectivity index (χ2v) is 10.6. The van der Waals surface area contributed by atoms with Crippen molar-refractivity contribution in [3.63, 3.8) is 0 Å². The first kappa shape index (κ1) is 22.4. The van der Waals surface area contributed by atoms with Crippen LogP contribution in [0.4, 0.5) is 13.2 Å². The molecule has 176 valence electrons. The van der Waals surface area contributed by atoms with Gasteiger partial charge in [0.25, 0.3) is 10.2 Å². The van der Waals surface area contributed by atoms with Gasteiger partial charge in [0.2, 0.25) is 0 Å². The zero-order chi connectivity index (χ0) is 23.3. The highest BCUT2D eigenvalue weighted by Crippen LogP contribution is 2.48. The van der Waals surface area contributed by atoms with Crippen LogP contribution in [0.3, 0.4) is 0 Å². The monoisotopic (exact) mass is 479 g/mol. The molecule has 0 aliphatic heterocycles. The molecule has 33 heavy (non-hydrogen) atoms. The third-order valence-corrected chi connectivity index (χ3v) is 7.83. The number of aromatic amines is 1. The molecule has 2 aliphatic carbocycles. The Morgan fingerprint density at radius 1 is 1.00 bits per heavy atom. The quantitative estimate of drug-likeness (QED) is 0.416. The van der Waals surface area contributed by atoms with E-state index in [9.17, 15) is 26.7 Å². The van der Waals surface area contributed by atoms with Crippen molar-refractivity contribution >= 4 is 21.1 Å². The normalized spacial score (nSPS) is 25.1. The van der Waals surface area contributed by atoms with Gasteiger partial charge in [-0.2, -0.15) is 13.1 Å². The summed E-state index contributed by atoms with van der Waals surface area (Å²) in [6, 6.07) is 7.67. The van der Waals surface area contributed by atoms with E-state index in [1.54, 1.807) is 12.1 Å². The van der Waals surface area contributed by atoms with Gasteiger partial charge < -0.3 is 10.1 Å². The zero-order valence-electron chi connectivity index (χ0n) is 17.6. The summed E-state index contributed by atoms with van der Waals surface area (Å²) in [7, 11) is -3.66. The summed E-state index contributed by atoms with van der Waals surface area (Å²) in [6.07, 6.45) is 1.65. The molecular formula is C23H24F3N3O3S. The van der Waals surface area contributed by atoms with Crippen LogP contribution in [0.1, 0.15) is 37.2 Å². The lowest BCUT2D eigenvalue weighted by Crippen LogP contribution is -2.51. The van der Waals surface area contributed by atoms with E-state index in [0.29, 0.717) is 42.3 Å². The van der Waals surface area contributed by atoms with E-state index in [0.717, 1.165) is 11.6 Å². The van der Waals surface area contributed by atoms with Gasteiger partial charge in [0.15, 0.2) is 0 Å². The highest BCUT2D eigenvalue weighted by atomic mass is 32.2. The van der Waals surface area contributed by atoms with Crippen LogP contribution in [-0.4, -0.2) is 37.2 Å². The molecule has 3 aromatic rings. The van der Waals surface area contributed by atoms with E-state index in [4.69, 9.17) is 0 Å². The smallest absolute Gasteiger partial charge is 0.277 e. The Balaban J connectivity index is 1.34. The molecular weight excluding hydrogens is 455 g/mol. The van der Waals surface area contributed by atoms with E-state index >= 15 is 0 Å². The molecule has 2 aliphatic rings. The third kappa shape index (κ3) is 4.52. The third-order valence-electron chi connectivity index (χ3n) is 6.64. The van der Waals surface area contributed by atoms with Crippen molar-refractivity contribution in [1.29, 1.82) is 0 Å². The maximum Gasteiger partial charge on any atom is 0.277 e. The van der Waals surface area contributed by atoms with E-state index in [-0.39, 0.29) is 29.9 Å². The van der Waals surface area contributed by atoms with Gasteiger partial charge in [-0.25, -0.2) is 17.9 Å². The van der Waals surface area contributed by atoms with Gasteiger partial charge in [0.1, 0.15) is 17.5 Å². The molecule has 2 saturated carbocycles. The predicted octanol–water partition coefficient (Wildman–Crippen LogP) is 3.69. The fourth-order valence-corrected chi connectivity index (χ4v) is 5.99. The van der Waals surface area contributed by atoms with Crippen LogP contribution >= 0.6 is 0 Å². The maximum atomic E-state index is 14.5. The van der Waals surface area contributed by atoms with Crippen LogP contribution in [0.25, 0.3) is 22.2 Å². The molecule has 2 fully saturated rings. The Kier molecular flexibility index (Phi) is 5.72. The average Bonchev–Trinajstić information content (AvgIpc) is 3.05. The minimum Gasteiger partial charge on any atom is -0.393 e. The first-order chi connectivity index (χ1) is 15.7. The lowest BCUT2D eigenvalue weighted by atomic mass is 9.70. The van der Waals surface area contributed by atoms with Gasteiger partial charge in [0, 0.05) is 24.0 Å². The molecule has 1 aromatic heterocycles. The van der Waals surface area contributed by atoms with Crippen molar-refractivity contribution in [3.8, 4) is 11.3 Å². The summed E-state index contributed by atoms with van der Waals surface area (Å²) < 4.78 is 71.4. The van der Waals surface area contributed by atoms with Crippen molar-refractivity contribution in [1.82, 2.24) is 14.4 Å². The highest BCUT2D eigenvalue weighted by molar-refractivity contribution is 7.87. The number of rotatable bonds is 7. The van der Waals surface area contributed by atoms with Crippen molar-refractivity contribution in [2.24, 2.45) is 5.92 Å². The van der Waals surface area contributed by atoms with Gasteiger partial charge in [-0.15, -0.1) is 0 Å². The number of halogens is 3. The summed E-state index contributed by atoms with van der Waals surface area (Å²) in [5.74, 6) is -1.72. The molecule has 0 radical (unpaired) electrons. The summed E-state index contributed by atoms with van der Waals surface area (Å²) in [6.45, 7) is 0.248. The Labute approximate surface area is 189 Å².